The first-order valence-electron chi connectivity index (χ1n) is 5.08. The lowest BCUT2D eigenvalue weighted by atomic mass is 10.3. The molecule has 4 nitrogen and oxygen atoms in total. The average molecular weight is 265 g/mol. The fraction of sp³-hybridized carbons (Fsp3) is 0.273. The minimum Gasteiger partial charge on any atom is -0.303 e. The predicted molar refractivity (Wildman–Crippen MR) is 69.3 cm³/mol. The van der Waals surface area contributed by atoms with Gasteiger partial charge in [0, 0.05) is 29.8 Å². The van der Waals surface area contributed by atoms with Gasteiger partial charge in [-0.05, 0) is 12.7 Å². The van der Waals surface area contributed by atoms with E-state index in [2.05, 4.69) is 15.0 Å². The van der Waals surface area contributed by atoms with Crippen molar-refractivity contribution in [1.29, 1.82) is 0 Å². The van der Waals surface area contributed by atoms with Crippen LogP contribution in [0.1, 0.15) is 12.1 Å². The van der Waals surface area contributed by atoms with Crippen LogP contribution in [0.3, 0.4) is 0 Å². The summed E-state index contributed by atoms with van der Waals surface area (Å²) in [6, 6.07) is 0. The molecular formula is C11H11N3OS2. The Balaban J connectivity index is 2.15. The summed E-state index contributed by atoms with van der Waals surface area (Å²) in [7, 11) is 0. The normalized spacial score (nSPS) is 10.4. The molecule has 0 aliphatic heterocycles. The lowest BCUT2D eigenvalue weighted by Crippen LogP contribution is -1.88. The molecule has 2 heterocycles. The third-order valence-corrected chi connectivity index (χ3v) is 3.64. The lowest BCUT2D eigenvalue weighted by Gasteiger charge is -1.96. The summed E-state index contributed by atoms with van der Waals surface area (Å²) in [5.74, 6) is 0. The monoisotopic (exact) mass is 265 g/mol. The highest BCUT2D eigenvalue weighted by atomic mass is 32.2. The molecule has 0 aliphatic carbocycles. The number of carbonyl (C=O) groups is 1. The summed E-state index contributed by atoms with van der Waals surface area (Å²) in [5, 5.41) is 3.63. The van der Waals surface area contributed by atoms with Gasteiger partial charge in [-0.25, -0.2) is 15.0 Å². The number of aromatic nitrogens is 3. The van der Waals surface area contributed by atoms with Crippen LogP contribution in [-0.2, 0) is 11.2 Å². The first-order valence-corrected chi connectivity index (χ1v) is 7.18. The summed E-state index contributed by atoms with van der Waals surface area (Å²) in [4.78, 5) is 23.1. The Bertz CT molecular complexity index is 496. The fourth-order valence-electron chi connectivity index (χ4n) is 1.29. The molecule has 6 heteroatoms. The predicted octanol–water partition coefficient (Wildman–Crippen LogP) is 2.45. The maximum atomic E-state index is 10.3. The number of aldehydes is 1. The molecule has 0 atom stereocenters. The molecule has 0 N–H and O–H groups in total. The third-order valence-electron chi connectivity index (χ3n) is 2.13. The second-order valence-electron chi connectivity index (χ2n) is 3.31. The third kappa shape index (κ3) is 3.10. The average Bonchev–Trinajstić information content (AvgIpc) is 2.85. The van der Waals surface area contributed by atoms with E-state index in [4.69, 9.17) is 0 Å². The fourth-order valence-corrected chi connectivity index (χ4v) is 2.44. The van der Waals surface area contributed by atoms with E-state index < -0.39 is 0 Å². The molecule has 0 fully saturated rings. The Kier molecular flexibility index (Phi) is 4.22. The van der Waals surface area contributed by atoms with Crippen LogP contribution in [0.15, 0.2) is 22.9 Å². The van der Waals surface area contributed by atoms with Gasteiger partial charge in [0.25, 0.3) is 0 Å². The zero-order valence-electron chi connectivity index (χ0n) is 9.29. The summed E-state index contributed by atoms with van der Waals surface area (Å²) in [6.45, 7) is 0. The van der Waals surface area contributed by atoms with Gasteiger partial charge < -0.3 is 4.79 Å². The summed E-state index contributed by atoms with van der Waals surface area (Å²) < 4.78 is 0. The van der Waals surface area contributed by atoms with Gasteiger partial charge in [0.05, 0.1) is 5.69 Å². The van der Waals surface area contributed by atoms with Crippen LogP contribution < -0.4 is 0 Å². The highest BCUT2D eigenvalue weighted by molar-refractivity contribution is 7.98. The molecular weight excluding hydrogens is 254 g/mol. The van der Waals surface area contributed by atoms with Gasteiger partial charge in [-0.15, -0.1) is 11.3 Å². The van der Waals surface area contributed by atoms with E-state index >= 15 is 0 Å². The number of nitrogens with zero attached hydrogens (tertiary/aromatic N) is 3. The summed E-state index contributed by atoms with van der Waals surface area (Å²) >= 11 is 3.06. The first-order chi connectivity index (χ1) is 8.33. The van der Waals surface area contributed by atoms with Crippen molar-refractivity contribution >= 4 is 29.4 Å². The standard InChI is InChI=1S/C11H11N3OS2/c1-16-11-12-5-8(6-13-11)10-14-9(7-17-10)3-2-4-15/h4-7H,2-3H2,1H3. The maximum Gasteiger partial charge on any atom is 0.187 e. The van der Waals surface area contributed by atoms with Crippen molar-refractivity contribution < 1.29 is 4.79 Å². The quantitative estimate of drug-likeness (QED) is 0.472. The van der Waals surface area contributed by atoms with Crippen molar-refractivity contribution in [3.8, 4) is 10.6 Å². The van der Waals surface area contributed by atoms with Gasteiger partial charge in [-0.3, -0.25) is 0 Å². The van der Waals surface area contributed by atoms with Crippen molar-refractivity contribution in [2.45, 2.75) is 18.0 Å². The van der Waals surface area contributed by atoms with E-state index in [-0.39, 0.29) is 0 Å². The van der Waals surface area contributed by atoms with E-state index in [1.54, 1.807) is 23.7 Å². The van der Waals surface area contributed by atoms with Gasteiger partial charge in [0.1, 0.15) is 11.3 Å². The van der Waals surface area contributed by atoms with Crippen LogP contribution in [0.2, 0.25) is 0 Å². The molecule has 0 radical (unpaired) electrons. The molecule has 0 aromatic carbocycles. The number of hydrogen-bond donors (Lipinski definition) is 0. The minimum atomic E-state index is 0.519. The maximum absolute atomic E-state index is 10.3. The van der Waals surface area contributed by atoms with Crippen LogP contribution in [0.4, 0.5) is 0 Å². The van der Waals surface area contributed by atoms with Crippen molar-refractivity contribution in [2.75, 3.05) is 6.26 Å². The Labute approximate surface area is 108 Å². The van der Waals surface area contributed by atoms with E-state index in [9.17, 15) is 4.79 Å². The topological polar surface area (TPSA) is 55.7 Å². The van der Waals surface area contributed by atoms with E-state index in [0.717, 1.165) is 27.7 Å². The number of thioether (sulfide) groups is 1. The largest absolute Gasteiger partial charge is 0.303 e. The SMILES string of the molecule is CSc1ncc(-c2nc(CCC=O)cs2)cn1. The van der Waals surface area contributed by atoms with Gasteiger partial charge in [0.15, 0.2) is 5.16 Å². The molecule has 0 spiro atoms. The first kappa shape index (κ1) is 12.2. The van der Waals surface area contributed by atoms with Crippen molar-refractivity contribution in [3.05, 3.63) is 23.5 Å². The van der Waals surface area contributed by atoms with Crippen LogP contribution >= 0.6 is 23.1 Å². The molecule has 2 aromatic rings. The molecule has 88 valence electrons. The van der Waals surface area contributed by atoms with Gasteiger partial charge in [-0.1, -0.05) is 11.8 Å². The molecule has 0 aliphatic rings. The van der Waals surface area contributed by atoms with Crippen LogP contribution in [0, 0.1) is 0 Å². The second-order valence-corrected chi connectivity index (χ2v) is 4.94. The zero-order valence-corrected chi connectivity index (χ0v) is 10.9. The van der Waals surface area contributed by atoms with Crippen molar-refractivity contribution in [3.63, 3.8) is 0 Å². The summed E-state index contributed by atoms with van der Waals surface area (Å²) in [5.41, 5.74) is 1.87. The van der Waals surface area contributed by atoms with Gasteiger partial charge >= 0.3 is 0 Å². The number of carbonyl (C=O) groups excluding carboxylic acids is 1. The molecule has 0 saturated heterocycles. The molecule has 2 rings (SSSR count). The molecule has 0 amide bonds. The molecule has 0 saturated carbocycles. The lowest BCUT2D eigenvalue weighted by molar-refractivity contribution is -0.107. The Morgan fingerprint density at radius 2 is 2.18 bits per heavy atom. The van der Waals surface area contributed by atoms with Gasteiger partial charge in [0.2, 0.25) is 0 Å². The minimum absolute atomic E-state index is 0.519. The number of thiazole rings is 1. The van der Waals surface area contributed by atoms with Crippen LogP contribution in [0.25, 0.3) is 10.6 Å². The highest BCUT2D eigenvalue weighted by Gasteiger charge is 2.05. The smallest absolute Gasteiger partial charge is 0.187 e. The van der Waals surface area contributed by atoms with E-state index in [1.165, 1.54) is 11.8 Å². The van der Waals surface area contributed by atoms with Crippen LogP contribution in [-0.4, -0.2) is 27.5 Å². The van der Waals surface area contributed by atoms with Gasteiger partial charge in [-0.2, -0.15) is 0 Å². The Morgan fingerprint density at radius 3 is 2.82 bits per heavy atom. The van der Waals surface area contributed by atoms with Crippen molar-refractivity contribution in [1.82, 2.24) is 15.0 Å². The Morgan fingerprint density at radius 1 is 1.41 bits per heavy atom. The van der Waals surface area contributed by atoms with Crippen LogP contribution in [0.5, 0.6) is 0 Å². The Hall–Kier alpha value is -1.27. The summed E-state index contributed by atoms with van der Waals surface area (Å²) in [6.07, 6.45) is 7.63. The van der Waals surface area contributed by atoms with E-state index in [0.29, 0.717) is 12.8 Å². The highest BCUT2D eigenvalue weighted by Crippen LogP contribution is 2.23. The molecule has 0 bridgehead atoms. The molecule has 0 unspecified atom stereocenters. The second kappa shape index (κ2) is 5.88. The number of hydrogen-bond acceptors (Lipinski definition) is 6. The van der Waals surface area contributed by atoms with Crippen molar-refractivity contribution in [2.24, 2.45) is 0 Å². The number of aryl methyl sites for hydroxylation is 1. The zero-order chi connectivity index (χ0) is 12.1. The molecule has 17 heavy (non-hydrogen) atoms. The number of rotatable bonds is 5. The molecule has 2 aromatic heterocycles. The van der Waals surface area contributed by atoms with E-state index in [1.807, 2.05) is 11.6 Å².